The second-order valence-electron chi connectivity index (χ2n) is 16.7. The van der Waals surface area contributed by atoms with Crippen LogP contribution in [0, 0.1) is 29.6 Å². The van der Waals surface area contributed by atoms with E-state index >= 15 is 0 Å². The number of imidazole rings is 2. The highest BCUT2D eigenvalue weighted by atomic mass is 35.5. The smallest absolute Gasteiger partial charge is 0.407 e. The average Bonchev–Trinajstić information content (AvgIpc) is 3.64. The Morgan fingerprint density at radius 3 is 2.07 bits per heavy atom. The molecule has 5 aliphatic rings. The van der Waals surface area contributed by atoms with Gasteiger partial charge in [-0.25, -0.2) is 19.6 Å². The van der Waals surface area contributed by atoms with Crippen LogP contribution in [0.4, 0.5) is 9.59 Å². The van der Waals surface area contributed by atoms with Gasteiger partial charge in [0.25, 0.3) is 0 Å². The van der Waals surface area contributed by atoms with Gasteiger partial charge >= 0.3 is 12.2 Å². The van der Waals surface area contributed by atoms with E-state index in [1.54, 1.807) is 0 Å². The van der Waals surface area contributed by atoms with Crippen molar-refractivity contribution in [2.45, 2.75) is 70.7 Å². The first-order valence-electron chi connectivity index (χ1n) is 20.0. The molecule has 0 spiro atoms. The van der Waals surface area contributed by atoms with Crippen LogP contribution in [-0.2, 0) is 19.1 Å². The van der Waals surface area contributed by atoms with E-state index < -0.39 is 24.3 Å². The van der Waals surface area contributed by atoms with Gasteiger partial charge in [-0.1, -0.05) is 81.8 Å². The van der Waals surface area contributed by atoms with Crippen molar-refractivity contribution in [3.8, 4) is 22.4 Å². The van der Waals surface area contributed by atoms with Crippen molar-refractivity contribution in [3.63, 3.8) is 0 Å². The number of likely N-dealkylation sites (tertiary alicyclic amines) is 1. The van der Waals surface area contributed by atoms with Crippen molar-refractivity contribution < 1.29 is 28.7 Å². The lowest BCUT2D eigenvalue weighted by atomic mass is 9.99. The van der Waals surface area contributed by atoms with Gasteiger partial charge < -0.3 is 39.9 Å². The molecule has 3 aromatic carbocycles. The van der Waals surface area contributed by atoms with E-state index in [0.29, 0.717) is 41.0 Å². The van der Waals surface area contributed by atoms with Crippen LogP contribution in [0.5, 0.6) is 0 Å². The molecule has 14 nitrogen and oxygen atoms in total. The number of fused-ring (bicyclic) bond motifs is 4. The molecular weight excluding hydrogens is 760 g/mol. The standard InChI is InChI=1S/C43H47ClN8O6/c1-19(2)31(48-42(55)57-5)40(53)51-17-7-8-27(51)38-45-26-16-14-24-18-23(13-15-25(24)34(26)47-38)21-9-11-22(12-10-21)33-37(44)50-39(46-33)36-30-28-29(30)35(28)52(36)41(54)32(20(3)4)49-43(56)58-6/h9-16,18-20,27-32,35-36H,7-8,17H2,1-6H3,(H,45,47)(H,46,50)(H,48,55)(H,49,56)/t27-,28+,29?,30?,31-,32-,35-,36-/m0/s1. The summed E-state index contributed by atoms with van der Waals surface area (Å²) in [5.41, 5.74) is 5.38. The molecule has 0 radical (unpaired) electrons. The number of nitrogens with zero attached hydrogens (tertiary/aromatic N) is 4. The number of ether oxygens (including phenoxy) is 2. The summed E-state index contributed by atoms with van der Waals surface area (Å²) < 4.78 is 9.58. The minimum Gasteiger partial charge on any atom is -0.453 e. The van der Waals surface area contributed by atoms with E-state index in [1.807, 2.05) is 55.7 Å². The molecule has 2 aromatic heterocycles. The van der Waals surface area contributed by atoms with Gasteiger partial charge in [0.15, 0.2) is 5.15 Å². The van der Waals surface area contributed by atoms with E-state index in [1.165, 1.54) is 14.2 Å². The number of halogens is 1. The van der Waals surface area contributed by atoms with Gasteiger partial charge in [0.05, 0.1) is 43.0 Å². The van der Waals surface area contributed by atoms with Crippen LogP contribution < -0.4 is 10.6 Å². The van der Waals surface area contributed by atoms with Crippen LogP contribution >= 0.6 is 11.6 Å². The lowest BCUT2D eigenvalue weighted by Gasteiger charge is -2.29. The number of aromatic nitrogens is 4. The summed E-state index contributed by atoms with van der Waals surface area (Å²) in [5.74, 6) is 2.21. The number of carbonyl (C=O) groups is 4. The summed E-state index contributed by atoms with van der Waals surface area (Å²) in [4.78, 5) is 72.1. The number of nitrogens with one attached hydrogen (secondary N) is 4. The first-order chi connectivity index (χ1) is 27.9. The van der Waals surface area contributed by atoms with Gasteiger partial charge in [0.1, 0.15) is 23.7 Å². The van der Waals surface area contributed by atoms with Crippen LogP contribution in [0.25, 0.3) is 44.2 Å². The number of hydrogen-bond donors (Lipinski definition) is 4. The van der Waals surface area contributed by atoms with Crippen LogP contribution in [-0.4, -0.2) is 92.6 Å². The topological polar surface area (TPSA) is 175 Å². The molecule has 4 N–H and O–H groups in total. The Morgan fingerprint density at radius 2 is 1.41 bits per heavy atom. The Labute approximate surface area is 340 Å². The van der Waals surface area contributed by atoms with Crippen LogP contribution in [0.1, 0.15) is 64.3 Å². The predicted molar refractivity (Wildman–Crippen MR) is 217 cm³/mol. The summed E-state index contributed by atoms with van der Waals surface area (Å²) in [6, 6.07) is 16.9. The van der Waals surface area contributed by atoms with Crippen molar-refractivity contribution >= 4 is 57.4 Å². The first-order valence-corrected chi connectivity index (χ1v) is 20.4. The summed E-state index contributed by atoms with van der Waals surface area (Å²) in [5, 5.41) is 7.86. The van der Waals surface area contributed by atoms with Gasteiger partial charge in [0, 0.05) is 23.5 Å². The van der Waals surface area contributed by atoms with Gasteiger partial charge in [0.2, 0.25) is 11.8 Å². The number of H-pyrrole nitrogens is 2. The zero-order valence-corrected chi connectivity index (χ0v) is 34.0. The second kappa shape index (κ2) is 14.3. The van der Waals surface area contributed by atoms with Crippen molar-refractivity contribution in [1.29, 1.82) is 0 Å². The Kier molecular flexibility index (Phi) is 9.37. The van der Waals surface area contributed by atoms with Gasteiger partial charge in [-0.05, 0) is 71.1 Å². The number of rotatable bonds is 10. The number of amides is 4. The molecule has 5 fully saturated rings. The van der Waals surface area contributed by atoms with E-state index in [2.05, 4.69) is 57.0 Å². The summed E-state index contributed by atoms with van der Waals surface area (Å²) in [6.45, 7) is 8.21. The lowest BCUT2D eigenvalue weighted by molar-refractivity contribution is -0.136. The molecule has 2 unspecified atom stereocenters. The quantitative estimate of drug-likeness (QED) is 0.117. The maximum atomic E-state index is 13.9. The largest absolute Gasteiger partial charge is 0.453 e. The number of hydrogen-bond acceptors (Lipinski definition) is 8. The number of methoxy groups -OCH3 is 2. The molecule has 5 aromatic rings. The molecule has 5 heterocycles. The summed E-state index contributed by atoms with van der Waals surface area (Å²) in [6.07, 6.45) is 0.355. The monoisotopic (exact) mass is 806 g/mol. The Morgan fingerprint density at radius 1 is 0.776 bits per heavy atom. The predicted octanol–water partition coefficient (Wildman–Crippen LogP) is 6.98. The minimum atomic E-state index is -0.703. The fourth-order valence-electron chi connectivity index (χ4n) is 9.55. The third kappa shape index (κ3) is 6.23. The molecule has 3 saturated heterocycles. The Bertz CT molecular complexity index is 2450. The number of aromatic amines is 2. The number of carbonyl (C=O) groups excluding carboxylic acids is 4. The van der Waals surface area contributed by atoms with Gasteiger partial charge in [-0.15, -0.1) is 0 Å². The molecule has 2 bridgehead atoms. The molecule has 15 heteroatoms. The maximum Gasteiger partial charge on any atom is 0.407 e. The fourth-order valence-corrected chi connectivity index (χ4v) is 9.79. The highest BCUT2D eigenvalue weighted by Crippen LogP contribution is 2.81. The van der Waals surface area contributed by atoms with Gasteiger partial charge in [-0.2, -0.15) is 0 Å². The highest BCUT2D eigenvalue weighted by molar-refractivity contribution is 6.32. The molecule has 58 heavy (non-hydrogen) atoms. The molecule has 302 valence electrons. The SMILES string of the molecule is COC(=O)N[C@H](C(=O)N1CCC[C@H]1c1nc2ccc3cc(-c4ccc(-c5[nH]c([C@@H]6C7C8[C@H]7[C@@H]8N6C(=O)[C@@H](NC(=O)OC)C(C)C)nc5Cl)cc4)ccc3c2[nH]1)C(C)C. The third-order valence-electron chi connectivity index (χ3n) is 12.7. The number of piperidine rings is 1. The molecule has 3 aliphatic heterocycles. The Hall–Kier alpha value is -5.63. The lowest BCUT2D eigenvalue weighted by Crippen LogP contribution is -2.51. The molecule has 2 saturated carbocycles. The van der Waals surface area contributed by atoms with Crippen LogP contribution in [0.15, 0.2) is 54.6 Å². The van der Waals surface area contributed by atoms with Crippen molar-refractivity contribution in [2.75, 3.05) is 20.8 Å². The average molecular weight is 807 g/mol. The van der Waals surface area contributed by atoms with Gasteiger partial charge in [-0.3, -0.25) is 9.59 Å². The molecule has 4 amide bonds. The van der Waals surface area contributed by atoms with E-state index in [9.17, 15) is 19.2 Å². The molecule has 10 rings (SSSR count). The first kappa shape index (κ1) is 37.9. The van der Waals surface area contributed by atoms with E-state index in [0.717, 1.165) is 57.2 Å². The van der Waals surface area contributed by atoms with E-state index in [-0.39, 0.29) is 41.8 Å². The normalized spacial score (nSPS) is 23.9. The number of benzene rings is 3. The summed E-state index contributed by atoms with van der Waals surface area (Å²) in [7, 11) is 2.58. The highest BCUT2D eigenvalue weighted by Gasteiger charge is 2.86. The third-order valence-corrected chi connectivity index (χ3v) is 12.9. The van der Waals surface area contributed by atoms with Crippen molar-refractivity contribution in [1.82, 2.24) is 40.4 Å². The van der Waals surface area contributed by atoms with Crippen LogP contribution in [0.3, 0.4) is 0 Å². The molecule has 8 atom stereocenters. The fraction of sp³-hybridized carbons (Fsp3) is 0.442. The zero-order valence-electron chi connectivity index (χ0n) is 33.2. The van der Waals surface area contributed by atoms with E-state index in [4.69, 9.17) is 31.0 Å². The second-order valence-corrected chi connectivity index (χ2v) is 17.1. The summed E-state index contributed by atoms with van der Waals surface area (Å²) >= 11 is 6.77. The molecular formula is C43H47ClN8O6. The van der Waals surface area contributed by atoms with Crippen molar-refractivity contribution in [2.24, 2.45) is 29.6 Å². The van der Waals surface area contributed by atoms with Crippen molar-refractivity contribution in [3.05, 3.63) is 71.4 Å². The van der Waals surface area contributed by atoms with Crippen LogP contribution in [0.2, 0.25) is 5.15 Å². The Balaban J connectivity index is 0.932. The zero-order chi connectivity index (χ0) is 40.7. The minimum absolute atomic E-state index is 0.116. The number of alkyl carbamates (subject to hydrolysis) is 2. The molecule has 2 aliphatic carbocycles. The maximum absolute atomic E-state index is 13.9.